The van der Waals surface area contributed by atoms with Crippen molar-refractivity contribution in [2.75, 3.05) is 36.4 Å². The molecule has 0 unspecified atom stereocenters. The number of amides is 2. The molecular weight excluding hydrogens is 506 g/mol. The van der Waals surface area contributed by atoms with Gasteiger partial charge in [-0.1, -0.05) is 23.4 Å². The molecule has 1 aliphatic rings. The summed E-state index contributed by atoms with van der Waals surface area (Å²) in [6.07, 6.45) is 3.77. The van der Waals surface area contributed by atoms with Crippen molar-refractivity contribution in [3.8, 4) is 10.7 Å². The molecule has 1 fully saturated rings. The SMILES string of the molecule is O=C(CCc1nc(-c2cccs2)no1)Nc1c(C(=O)N2CCN(c3ncccn3)CC2)oc2ccccc12. The molecule has 5 aromatic rings. The fourth-order valence-corrected chi connectivity index (χ4v) is 4.96. The van der Waals surface area contributed by atoms with Gasteiger partial charge in [0, 0.05) is 56.8 Å². The topological polar surface area (TPSA) is 130 Å². The zero-order valence-corrected chi connectivity index (χ0v) is 21.1. The number of benzene rings is 1. The summed E-state index contributed by atoms with van der Waals surface area (Å²) in [6, 6.07) is 12.8. The van der Waals surface area contributed by atoms with Gasteiger partial charge in [0.25, 0.3) is 5.91 Å². The van der Waals surface area contributed by atoms with Crippen molar-refractivity contribution in [1.82, 2.24) is 25.0 Å². The molecule has 2 amide bonds. The number of furan rings is 1. The van der Waals surface area contributed by atoms with Crippen molar-refractivity contribution in [3.05, 3.63) is 71.9 Å². The van der Waals surface area contributed by atoms with Gasteiger partial charge in [-0.3, -0.25) is 9.59 Å². The smallest absolute Gasteiger partial charge is 0.291 e. The van der Waals surface area contributed by atoms with E-state index >= 15 is 0 Å². The number of rotatable bonds is 7. The van der Waals surface area contributed by atoms with Gasteiger partial charge >= 0.3 is 0 Å². The third kappa shape index (κ3) is 4.85. The Morgan fingerprint density at radius 2 is 1.82 bits per heavy atom. The molecule has 1 aliphatic heterocycles. The summed E-state index contributed by atoms with van der Waals surface area (Å²) in [4.78, 5) is 44.0. The highest BCUT2D eigenvalue weighted by molar-refractivity contribution is 7.13. The predicted molar refractivity (Wildman–Crippen MR) is 141 cm³/mol. The Morgan fingerprint density at radius 1 is 1.00 bits per heavy atom. The molecule has 11 nitrogen and oxygen atoms in total. The van der Waals surface area contributed by atoms with E-state index in [4.69, 9.17) is 8.94 Å². The first-order chi connectivity index (χ1) is 18.7. The van der Waals surface area contributed by atoms with Crippen LogP contribution >= 0.6 is 11.3 Å². The quantitative estimate of drug-likeness (QED) is 0.334. The lowest BCUT2D eigenvalue weighted by molar-refractivity contribution is -0.116. The van der Waals surface area contributed by atoms with Crippen LogP contribution in [0.5, 0.6) is 0 Å². The van der Waals surface area contributed by atoms with E-state index in [9.17, 15) is 9.59 Å². The summed E-state index contributed by atoms with van der Waals surface area (Å²) in [7, 11) is 0. The minimum Gasteiger partial charge on any atom is -0.449 e. The number of para-hydroxylation sites is 1. The second-order valence-electron chi connectivity index (χ2n) is 8.67. The summed E-state index contributed by atoms with van der Waals surface area (Å²) in [6.45, 7) is 2.14. The number of thiophene rings is 1. The van der Waals surface area contributed by atoms with Gasteiger partial charge in [0.2, 0.25) is 29.3 Å². The molecule has 0 spiro atoms. The van der Waals surface area contributed by atoms with Gasteiger partial charge in [-0.25, -0.2) is 9.97 Å². The Hall–Kier alpha value is -4.58. The number of fused-ring (bicyclic) bond motifs is 1. The second kappa shape index (κ2) is 10.4. The zero-order chi connectivity index (χ0) is 25.9. The van der Waals surface area contributed by atoms with Crippen molar-refractivity contribution in [3.63, 3.8) is 0 Å². The van der Waals surface area contributed by atoms with Crippen molar-refractivity contribution in [2.45, 2.75) is 12.8 Å². The third-order valence-electron chi connectivity index (χ3n) is 6.23. The molecule has 1 saturated heterocycles. The van der Waals surface area contributed by atoms with Crippen LogP contribution < -0.4 is 10.2 Å². The summed E-state index contributed by atoms with van der Waals surface area (Å²) in [5, 5.41) is 9.48. The van der Waals surface area contributed by atoms with Crippen LogP contribution in [0, 0.1) is 0 Å². The highest BCUT2D eigenvalue weighted by atomic mass is 32.1. The van der Waals surface area contributed by atoms with Crippen LogP contribution in [0.4, 0.5) is 11.6 Å². The minimum atomic E-state index is -0.285. The fourth-order valence-electron chi connectivity index (χ4n) is 4.31. The Balaban J connectivity index is 1.15. The number of aryl methyl sites for hydroxylation is 1. The monoisotopic (exact) mass is 529 g/mol. The van der Waals surface area contributed by atoms with E-state index in [0.717, 1.165) is 4.88 Å². The van der Waals surface area contributed by atoms with Gasteiger partial charge < -0.3 is 24.1 Å². The van der Waals surface area contributed by atoms with Gasteiger partial charge in [-0.15, -0.1) is 11.3 Å². The summed E-state index contributed by atoms with van der Waals surface area (Å²) < 4.78 is 11.2. The number of hydrogen-bond donors (Lipinski definition) is 1. The molecule has 38 heavy (non-hydrogen) atoms. The first-order valence-electron chi connectivity index (χ1n) is 12.1. The minimum absolute atomic E-state index is 0.106. The normalized spacial score (nSPS) is 13.7. The molecule has 4 aromatic heterocycles. The number of aromatic nitrogens is 4. The van der Waals surface area contributed by atoms with Crippen LogP contribution in [0.3, 0.4) is 0 Å². The van der Waals surface area contributed by atoms with Crippen LogP contribution in [0.15, 0.2) is 69.2 Å². The maximum Gasteiger partial charge on any atom is 0.291 e. The lowest BCUT2D eigenvalue weighted by Gasteiger charge is -2.34. The predicted octanol–water partition coefficient (Wildman–Crippen LogP) is 3.87. The van der Waals surface area contributed by atoms with Gasteiger partial charge in [-0.2, -0.15) is 4.98 Å². The molecular formula is C26H23N7O4S. The van der Waals surface area contributed by atoms with E-state index in [1.165, 1.54) is 11.3 Å². The highest BCUT2D eigenvalue weighted by Crippen LogP contribution is 2.32. The lowest BCUT2D eigenvalue weighted by Crippen LogP contribution is -2.49. The van der Waals surface area contributed by atoms with Gasteiger partial charge in [0.05, 0.1) is 4.88 Å². The molecule has 0 bridgehead atoms. The van der Waals surface area contributed by atoms with Crippen molar-refractivity contribution in [2.24, 2.45) is 0 Å². The summed E-state index contributed by atoms with van der Waals surface area (Å²) in [5.74, 6) is 1.07. The average molecular weight is 530 g/mol. The van der Waals surface area contributed by atoms with Crippen molar-refractivity contribution >= 4 is 45.8 Å². The first kappa shape index (κ1) is 23.8. The molecule has 0 saturated carbocycles. The first-order valence-corrected chi connectivity index (χ1v) is 13.0. The van der Waals surface area contributed by atoms with Gasteiger partial charge in [0.1, 0.15) is 11.3 Å². The number of carbonyl (C=O) groups is 2. The van der Waals surface area contributed by atoms with E-state index in [1.54, 1.807) is 29.4 Å². The molecule has 5 heterocycles. The van der Waals surface area contributed by atoms with Gasteiger partial charge in [0.15, 0.2) is 0 Å². The molecule has 0 atom stereocenters. The summed E-state index contributed by atoms with van der Waals surface area (Å²) >= 11 is 1.51. The van der Waals surface area contributed by atoms with Crippen molar-refractivity contribution < 1.29 is 18.5 Å². The molecule has 192 valence electrons. The van der Waals surface area contributed by atoms with Crippen LogP contribution in [0.25, 0.3) is 21.7 Å². The molecule has 12 heteroatoms. The molecule has 1 aromatic carbocycles. The van der Waals surface area contributed by atoms with E-state index in [2.05, 4.69) is 25.4 Å². The Labute approximate surface area is 221 Å². The van der Waals surface area contributed by atoms with Gasteiger partial charge in [-0.05, 0) is 29.6 Å². The van der Waals surface area contributed by atoms with Crippen LogP contribution in [0.1, 0.15) is 22.9 Å². The van der Waals surface area contributed by atoms with Crippen LogP contribution in [-0.2, 0) is 11.2 Å². The maximum absolute atomic E-state index is 13.5. The summed E-state index contributed by atoms with van der Waals surface area (Å²) in [5.41, 5.74) is 0.897. The number of nitrogens with one attached hydrogen (secondary N) is 1. The lowest BCUT2D eigenvalue weighted by atomic mass is 10.2. The average Bonchev–Trinajstić information content (AvgIpc) is 3.73. The number of carbonyl (C=O) groups excluding carboxylic acids is 2. The number of hydrogen-bond acceptors (Lipinski definition) is 10. The number of nitrogens with zero attached hydrogens (tertiary/aromatic N) is 6. The van der Waals surface area contributed by atoms with E-state index < -0.39 is 0 Å². The standard InChI is InChI=1S/C26H23N7O4S/c34-20(8-9-21-30-24(31-37-21)19-7-3-16-38-19)29-22-17-5-1-2-6-18(17)36-23(22)25(35)32-12-14-33(15-13-32)26-27-10-4-11-28-26/h1-7,10-11,16H,8-9,12-15H2,(H,29,34). The second-order valence-corrected chi connectivity index (χ2v) is 9.62. The molecule has 6 rings (SSSR count). The molecule has 0 aliphatic carbocycles. The Kier molecular flexibility index (Phi) is 6.53. The molecule has 1 N–H and O–H groups in total. The molecule has 0 radical (unpaired) electrons. The van der Waals surface area contributed by atoms with Crippen LogP contribution in [0.2, 0.25) is 0 Å². The number of piperazine rings is 1. The highest BCUT2D eigenvalue weighted by Gasteiger charge is 2.29. The van der Waals surface area contributed by atoms with E-state index in [0.29, 0.717) is 60.5 Å². The Morgan fingerprint density at radius 3 is 2.61 bits per heavy atom. The van der Waals surface area contributed by atoms with E-state index in [-0.39, 0.29) is 30.4 Å². The van der Waals surface area contributed by atoms with Crippen LogP contribution in [-0.4, -0.2) is 63.0 Å². The fraction of sp³-hybridized carbons (Fsp3) is 0.231. The third-order valence-corrected chi connectivity index (χ3v) is 7.10. The largest absolute Gasteiger partial charge is 0.449 e. The van der Waals surface area contributed by atoms with Crippen molar-refractivity contribution in [1.29, 1.82) is 0 Å². The van der Waals surface area contributed by atoms with E-state index in [1.807, 2.05) is 40.6 Å². The number of anilines is 2. The maximum atomic E-state index is 13.5. The zero-order valence-electron chi connectivity index (χ0n) is 20.2. The Bertz CT molecular complexity index is 1560.